The third-order valence-corrected chi connectivity index (χ3v) is 5.56. The monoisotopic (exact) mass is 444 g/mol. The number of benzene rings is 2. The molecule has 0 fully saturated rings. The summed E-state index contributed by atoms with van der Waals surface area (Å²) in [6, 6.07) is 12.6. The lowest BCUT2D eigenvalue weighted by molar-refractivity contribution is -0.143. The van der Waals surface area contributed by atoms with Crippen molar-refractivity contribution >= 4 is 23.4 Å². The van der Waals surface area contributed by atoms with Gasteiger partial charge in [0.2, 0.25) is 5.91 Å². The second kappa shape index (κ2) is 12.4. The van der Waals surface area contributed by atoms with Gasteiger partial charge in [0.05, 0.1) is 0 Å². The first-order chi connectivity index (χ1) is 14.9. The highest BCUT2D eigenvalue weighted by molar-refractivity contribution is 6.31. The molecule has 6 heteroatoms. The van der Waals surface area contributed by atoms with Crippen LogP contribution in [0.2, 0.25) is 5.02 Å². The van der Waals surface area contributed by atoms with Gasteiger partial charge in [0.25, 0.3) is 5.91 Å². The molecule has 1 N–H and O–H groups in total. The van der Waals surface area contributed by atoms with Crippen LogP contribution in [0.15, 0.2) is 42.5 Å². The van der Waals surface area contributed by atoms with Gasteiger partial charge in [0, 0.05) is 18.1 Å². The number of ether oxygens (including phenoxy) is 1. The van der Waals surface area contributed by atoms with E-state index in [0.717, 1.165) is 29.5 Å². The van der Waals surface area contributed by atoms with Crippen molar-refractivity contribution in [2.24, 2.45) is 0 Å². The third kappa shape index (κ3) is 7.28. The number of nitrogens with one attached hydrogen (secondary N) is 1. The molecule has 5 nitrogen and oxygen atoms in total. The van der Waals surface area contributed by atoms with Crippen LogP contribution >= 0.6 is 11.6 Å². The molecule has 2 aromatic rings. The number of amides is 2. The van der Waals surface area contributed by atoms with E-state index in [0.29, 0.717) is 23.7 Å². The Kier molecular flexibility index (Phi) is 9.86. The summed E-state index contributed by atoms with van der Waals surface area (Å²) in [6.45, 7) is 8.63. The Bertz CT molecular complexity index is 885. The van der Waals surface area contributed by atoms with Crippen molar-refractivity contribution < 1.29 is 14.3 Å². The van der Waals surface area contributed by atoms with Gasteiger partial charge in [-0.3, -0.25) is 9.59 Å². The predicted octanol–water partition coefficient (Wildman–Crippen LogP) is 5.06. The molecule has 0 spiro atoms. The van der Waals surface area contributed by atoms with E-state index in [4.69, 9.17) is 16.3 Å². The normalized spacial score (nSPS) is 11.6. The minimum atomic E-state index is -0.594. The topological polar surface area (TPSA) is 58.6 Å². The van der Waals surface area contributed by atoms with Crippen molar-refractivity contribution in [2.45, 2.75) is 59.5 Å². The van der Waals surface area contributed by atoms with Crippen molar-refractivity contribution in [3.63, 3.8) is 0 Å². The van der Waals surface area contributed by atoms with E-state index >= 15 is 0 Å². The molecule has 168 valence electrons. The number of hydrogen-bond donors (Lipinski definition) is 1. The predicted molar refractivity (Wildman–Crippen MR) is 125 cm³/mol. The fraction of sp³-hybridized carbons (Fsp3) is 0.440. The number of carbonyl (C=O) groups is 2. The molecule has 0 bridgehead atoms. The molecule has 0 saturated heterocycles. The van der Waals surface area contributed by atoms with Crippen LogP contribution in [0, 0.1) is 13.8 Å². The average molecular weight is 445 g/mol. The van der Waals surface area contributed by atoms with Crippen LogP contribution in [-0.2, 0) is 16.1 Å². The second-order valence-corrected chi connectivity index (χ2v) is 8.15. The highest BCUT2D eigenvalue weighted by atomic mass is 35.5. The SMILES string of the molecule is CCCCNC(=O)C(CC)N(Cc1ccccc1Cl)C(=O)COc1ccc(C)cc1C. The van der Waals surface area contributed by atoms with Gasteiger partial charge in [-0.25, -0.2) is 0 Å². The minimum absolute atomic E-state index is 0.146. The summed E-state index contributed by atoms with van der Waals surface area (Å²) in [5.41, 5.74) is 2.89. The number of nitrogens with zero attached hydrogens (tertiary/aromatic N) is 1. The van der Waals surface area contributed by atoms with Crippen LogP contribution in [0.25, 0.3) is 0 Å². The summed E-state index contributed by atoms with van der Waals surface area (Å²) < 4.78 is 5.82. The largest absolute Gasteiger partial charge is 0.483 e. The summed E-state index contributed by atoms with van der Waals surface area (Å²) >= 11 is 6.34. The Morgan fingerprint density at radius 3 is 2.52 bits per heavy atom. The maximum absolute atomic E-state index is 13.2. The van der Waals surface area contributed by atoms with Crippen LogP contribution in [-0.4, -0.2) is 35.9 Å². The summed E-state index contributed by atoms with van der Waals surface area (Å²) in [5, 5.41) is 3.52. The van der Waals surface area contributed by atoms with Crippen LogP contribution < -0.4 is 10.1 Å². The Hall–Kier alpha value is -2.53. The number of hydrogen-bond acceptors (Lipinski definition) is 3. The molecule has 0 saturated carbocycles. The second-order valence-electron chi connectivity index (χ2n) is 7.74. The van der Waals surface area contributed by atoms with Crippen molar-refractivity contribution in [1.29, 1.82) is 0 Å². The molecule has 0 aromatic heterocycles. The maximum atomic E-state index is 13.2. The van der Waals surface area contributed by atoms with E-state index in [1.807, 2.05) is 57.2 Å². The number of rotatable bonds is 11. The highest BCUT2D eigenvalue weighted by Crippen LogP contribution is 2.21. The standard InChI is InChI=1S/C25H33ClN2O3/c1-5-7-14-27-25(30)22(6-2)28(16-20-10-8-9-11-21(20)26)24(29)17-31-23-13-12-18(3)15-19(23)4/h8-13,15,22H,5-7,14,16-17H2,1-4H3,(H,27,30). The van der Waals surface area contributed by atoms with E-state index < -0.39 is 6.04 Å². The van der Waals surface area contributed by atoms with E-state index in [1.165, 1.54) is 0 Å². The van der Waals surface area contributed by atoms with Gasteiger partial charge in [-0.1, -0.05) is 67.8 Å². The summed E-state index contributed by atoms with van der Waals surface area (Å²) in [6.07, 6.45) is 2.39. The molecule has 0 aliphatic carbocycles. The first-order valence-electron chi connectivity index (χ1n) is 10.9. The molecule has 0 heterocycles. The van der Waals surface area contributed by atoms with Crippen LogP contribution in [0.3, 0.4) is 0 Å². The van der Waals surface area contributed by atoms with Gasteiger partial charge in [-0.05, 0) is 49.9 Å². The Morgan fingerprint density at radius 2 is 1.87 bits per heavy atom. The molecule has 0 aliphatic rings. The van der Waals surface area contributed by atoms with Crippen molar-refractivity contribution in [1.82, 2.24) is 10.2 Å². The van der Waals surface area contributed by atoms with Crippen LogP contribution in [0.4, 0.5) is 0 Å². The van der Waals surface area contributed by atoms with Crippen molar-refractivity contribution in [2.75, 3.05) is 13.2 Å². The number of aryl methyl sites for hydroxylation is 2. The Labute approximate surface area is 190 Å². The van der Waals surface area contributed by atoms with Crippen molar-refractivity contribution in [3.05, 3.63) is 64.2 Å². The quantitative estimate of drug-likeness (QED) is 0.493. The molecule has 0 aliphatic heterocycles. The Morgan fingerprint density at radius 1 is 1.13 bits per heavy atom. The molecule has 2 aromatic carbocycles. The van der Waals surface area contributed by atoms with Gasteiger partial charge in [-0.15, -0.1) is 0 Å². The van der Waals surface area contributed by atoms with Crippen LogP contribution in [0.5, 0.6) is 5.75 Å². The summed E-state index contributed by atoms with van der Waals surface area (Å²) in [7, 11) is 0. The lowest BCUT2D eigenvalue weighted by Gasteiger charge is -2.31. The smallest absolute Gasteiger partial charge is 0.261 e. The zero-order valence-corrected chi connectivity index (χ0v) is 19.7. The number of carbonyl (C=O) groups excluding carboxylic acids is 2. The van der Waals surface area contributed by atoms with Gasteiger partial charge in [0.1, 0.15) is 11.8 Å². The van der Waals surface area contributed by atoms with Gasteiger partial charge < -0.3 is 15.0 Å². The van der Waals surface area contributed by atoms with E-state index in [1.54, 1.807) is 11.0 Å². The maximum Gasteiger partial charge on any atom is 0.261 e. The van der Waals surface area contributed by atoms with Gasteiger partial charge in [-0.2, -0.15) is 0 Å². The van der Waals surface area contributed by atoms with Crippen LogP contribution in [0.1, 0.15) is 49.8 Å². The molecule has 31 heavy (non-hydrogen) atoms. The summed E-state index contributed by atoms with van der Waals surface area (Å²) in [4.78, 5) is 27.7. The third-order valence-electron chi connectivity index (χ3n) is 5.20. The Balaban J connectivity index is 2.21. The fourth-order valence-corrected chi connectivity index (χ4v) is 3.61. The zero-order chi connectivity index (χ0) is 22.8. The fourth-order valence-electron chi connectivity index (χ4n) is 3.42. The molecular formula is C25H33ClN2O3. The van der Waals surface area contributed by atoms with Gasteiger partial charge >= 0.3 is 0 Å². The average Bonchev–Trinajstić information content (AvgIpc) is 2.74. The van der Waals surface area contributed by atoms with E-state index in [9.17, 15) is 9.59 Å². The molecule has 2 amide bonds. The number of unbranched alkanes of at least 4 members (excludes halogenated alkanes) is 1. The molecule has 2 rings (SSSR count). The first-order valence-corrected chi connectivity index (χ1v) is 11.3. The first kappa shape index (κ1) is 24.7. The minimum Gasteiger partial charge on any atom is -0.483 e. The molecular weight excluding hydrogens is 412 g/mol. The molecule has 1 unspecified atom stereocenters. The summed E-state index contributed by atoms with van der Waals surface area (Å²) in [5.74, 6) is 0.261. The van der Waals surface area contributed by atoms with E-state index in [2.05, 4.69) is 12.2 Å². The molecule has 0 radical (unpaired) electrons. The zero-order valence-electron chi connectivity index (χ0n) is 18.9. The van der Waals surface area contributed by atoms with Gasteiger partial charge in [0.15, 0.2) is 6.61 Å². The number of halogens is 1. The molecule has 1 atom stereocenters. The van der Waals surface area contributed by atoms with E-state index in [-0.39, 0.29) is 25.0 Å². The lowest BCUT2D eigenvalue weighted by atomic mass is 10.1. The van der Waals surface area contributed by atoms with Crippen molar-refractivity contribution in [3.8, 4) is 5.75 Å². The highest BCUT2D eigenvalue weighted by Gasteiger charge is 2.29. The lowest BCUT2D eigenvalue weighted by Crippen LogP contribution is -2.50.